The fourth-order valence-electron chi connectivity index (χ4n) is 2.46. The fraction of sp³-hybridized carbons (Fsp3) is 0.176. The lowest BCUT2D eigenvalue weighted by Crippen LogP contribution is -2.32. The Balaban J connectivity index is 1.68. The highest BCUT2D eigenvalue weighted by Gasteiger charge is 2.17. The molecule has 0 unspecified atom stereocenters. The molecular formula is C17H17N3O7S. The minimum atomic E-state index is -3.98. The van der Waals surface area contributed by atoms with Crippen LogP contribution in [0.1, 0.15) is 0 Å². The molecule has 3 N–H and O–H groups in total. The molecule has 0 aliphatic rings. The molecule has 0 radical (unpaired) electrons. The molecule has 11 heteroatoms. The lowest BCUT2D eigenvalue weighted by atomic mass is 10.2. The summed E-state index contributed by atoms with van der Waals surface area (Å²) in [7, 11) is -1.04. The van der Waals surface area contributed by atoms with E-state index in [0.717, 1.165) is 0 Å². The minimum Gasteiger partial charge on any atom is -0.493 e. The summed E-state index contributed by atoms with van der Waals surface area (Å²) in [5.41, 5.74) is 0.884. The topological polar surface area (TPSA) is 140 Å². The summed E-state index contributed by atoms with van der Waals surface area (Å²) in [6, 6.07) is 8.64. The predicted molar refractivity (Wildman–Crippen MR) is 100 cm³/mol. The lowest BCUT2D eigenvalue weighted by Gasteiger charge is -2.11. The molecule has 0 atom stereocenters. The number of hydrogen-bond donors (Lipinski definition) is 3. The Morgan fingerprint density at radius 3 is 2.57 bits per heavy atom. The van der Waals surface area contributed by atoms with Gasteiger partial charge in [0.1, 0.15) is 0 Å². The Labute approximate surface area is 159 Å². The molecule has 0 fully saturated rings. The van der Waals surface area contributed by atoms with Crippen LogP contribution in [-0.2, 0) is 14.8 Å². The maximum atomic E-state index is 12.4. The van der Waals surface area contributed by atoms with Crippen molar-refractivity contribution >= 4 is 32.7 Å². The third-order valence-corrected chi connectivity index (χ3v) is 5.19. The van der Waals surface area contributed by atoms with Gasteiger partial charge in [0, 0.05) is 17.8 Å². The van der Waals surface area contributed by atoms with Crippen molar-refractivity contribution in [3.05, 3.63) is 46.9 Å². The molecule has 1 aromatic heterocycles. The maximum absolute atomic E-state index is 12.4. The summed E-state index contributed by atoms with van der Waals surface area (Å²) in [6.07, 6.45) is 0. The number of nitrogens with one attached hydrogen (secondary N) is 3. The van der Waals surface area contributed by atoms with Gasteiger partial charge in [0.15, 0.2) is 17.1 Å². The number of carbonyl (C=O) groups is 1. The van der Waals surface area contributed by atoms with Crippen LogP contribution < -0.4 is 25.3 Å². The number of aromatic amines is 1. The number of hydrogen-bond acceptors (Lipinski definition) is 7. The summed E-state index contributed by atoms with van der Waals surface area (Å²) >= 11 is 0. The van der Waals surface area contributed by atoms with Gasteiger partial charge in [-0.05, 0) is 24.3 Å². The van der Waals surface area contributed by atoms with Gasteiger partial charge in [-0.15, -0.1) is 0 Å². The molecule has 148 valence electrons. The molecule has 1 heterocycles. The van der Waals surface area contributed by atoms with Crippen LogP contribution in [0.2, 0.25) is 0 Å². The highest BCUT2D eigenvalue weighted by atomic mass is 32.2. The van der Waals surface area contributed by atoms with E-state index < -0.39 is 28.2 Å². The number of aromatic nitrogens is 1. The largest absolute Gasteiger partial charge is 0.493 e. The first kappa shape index (κ1) is 19.5. The van der Waals surface area contributed by atoms with Gasteiger partial charge in [0.05, 0.1) is 31.2 Å². The number of ether oxygens (including phenoxy) is 2. The quantitative estimate of drug-likeness (QED) is 0.532. The Hall–Kier alpha value is -3.31. The van der Waals surface area contributed by atoms with Crippen LogP contribution in [0, 0.1) is 0 Å². The average molecular weight is 407 g/mol. The maximum Gasteiger partial charge on any atom is 0.417 e. The third-order valence-electron chi connectivity index (χ3n) is 3.79. The van der Waals surface area contributed by atoms with E-state index in [2.05, 4.69) is 15.0 Å². The predicted octanol–water partition coefficient (Wildman–Crippen LogP) is 1.06. The number of rotatable bonds is 7. The second-order valence-corrected chi connectivity index (χ2v) is 7.38. The molecule has 3 rings (SSSR count). The molecule has 10 nitrogen and oxygen atoms in total. The molecular weight excluding hydrogens is 390 g/mol. The van der Waals surface area contributed by atoms with Crippen molar-refractivity contribution in [1.29, 1.82) is 0 Å². The Bertz CT molecular complexity index is 1180. The lowest BCUT2D eigenvalue weighted by molar-refractivity contribution is -0.115. The number of amides is 1. The van der Waals surface area contributed by atoms with Crippen molar-refractivity contribution < 1.29 is 27.1 Å². The van der Waals surface area contributed by atoms with Crippen LogP contribution in [0.5, 0.6) is 11.5 Å². The standard InChI is InChI=1S/C17H17N3O7S/c1-25-13-6-3-10(7-15(13)26-2)19-16(21)9-18-28(23,24)11-4-5-12-14(8-11)27-17(22)20-12/h3-8,18H,9H2,1-2H3,(H,19,21)(H,20,22). The monoisotopic (exact) mass is 407 g/mol. The Morgan fingerprint density at radius 2 is 1.86 bits per heavy atom. The number of fused-ring (bicyclic) bond motifs is 1. The van der Waals surface area contributed by atoms with Crippen LogP contribution in [0.4, 0.5) is 5.69 Å². The van der Waals surface area contributed by atoms with Crippen LogP contribution in [0.25, 0.3) is 11.1 Å². The molecule has 0 aliphatic heterocycles. The fourth-order valence-corrected chi connectivity index (χ4v) is 3.45. The Morgan fingerprint density at radius 1 is 1.11 bits per heavy atom. The summed E-state index contributed by atoms with van der Waals surface area (Å²) < 4.78 is 42.0. The van der Waals surface area contributed by atoms with Crippen LogP contribution in [-0.4, -0.2) is 40.1 Å². The van der Waals surface area contributed by atoms with Gasteiger partial charge in [-0.1, -0.05) is 0 Å². The van der Waals surface area contributed by atoms with Crippen LogP contribution in [0.15, 0.2) is 50.5 Å². The number of H-pyrrole nitrogens is 1. The summed E-state index contributed by atoms with van der Waals surface area (Å²) in [6.45, 7) is -0.494. The highest BCUT2D eigenvalue weighted by Crippen LogP contribution is 2.29. The van der Waals surface area contributed by atoms with Crippen molar-refractivity contribution in [2.24, 2.45) is 0 Å². The molecule has 3 aromatic rings. The number of sulfonamides is 1. The number of methoxy groups -OCH3 is 2. The van der Waals surface area contributed by atoms with Crippen molar-refractivity contribution in [1.82, 2.24) is 9.71 Å². The molecule has 0 saturated heterocycles. The van der Waals surface area contributed by atoms with E-state index in [4.69, 9.17) is 13.9 Å². The molecule has 2 aromatic carbocycles. The SMILES string of the molecule is COc1ccc(NC(=O)CNS(=O)(=O)c2ccc3[nH]c(=O)oc3c2)cc1OC. The first-order chi connectivity index (χ1) is 13.3. The second kappa shape index (κ2) is 7.74. The molecule has 0 aliphatic carbocycles. The molecule has 28 heavy (non-hydrogen) atoms. The van der Waals surface area contributed by atoms with Crippen molar-refractivity contribution in [3.8, 4) is 11.5 Å². The van der Waals surface area contributed by atoms with Gasteiger partial charge in [-0.2, -0.15) is 0 Å². The molecule has 0 saturated carbocycles. The normalized spacial score (nSPS) is 11.4. The number of anilines is 1. The number of oxazole rings is 1. The summed E-state index contributed by atoms with van der Waals surface area (Å²) in [4.78, 5) is 25.5. The average Bonchev–Trinajstić information content (AvgIpc) is 3.05. The van der Waals surface area contributed by atoms with Crippen molar-refractivity contribution in [3.63, 3.8) is 0 Å². The summed E-state index contributed by atoms with van der Waals surface area (Å²) in [5.74, 6) is -0.355. The van der Waals surface area contributed by atoms with Gasteiger partial charge in [-0.3, -0.25) is 9.78 Å². The molecule has 0 bridgehead atoms. The van der Waals surface area contributed by atoms with Gasteiger partial charge in [-0.25, -0.2) is 17.9 Å². The van der Waals surface area contributed by atoms with Gasteiger partial charge in [0.25, 0.3) is 0 Å². The van der Waals surface area contributed by atoms with E-state index in [1.807, 2.05) is 0 Å². The molecule has 1 amide bonds. The number of benzene rings is 2. The van der Waals surface area contributed by atoms with E-state index in [1.165, 1.54) is 32.4 Å². The van der Waals surface area contributed by atoms with E-state index in [0.29, 0.717) is 22.7 Å². The van der Waals surface area contributed by atoms with Crippen molar-refractivity contribution in [2.45, 2.75) is 4.90 Å². The number of carbonyl (C=O) groups excluding carboxylic acids is 1. The van der Waals surface area contributed by atoms with Crippen molar-refractivity contribution in [2.75, 3.05) is 26.1 Å². The van der Waals surface area contributed by atoms with Gasteiger partial charge < -0.3 is 19.2 Å². The first-order valence-corrected chi connectivity index (χ1v) is 9.45. The second-order valence-electron chi connectivity index (χ2n) is 5.61. The minimum absolute atomic E-state index is 0.0997. The van der Waals surface area contributed by atoms with E-state index in [1.54, 1.807) is 18.2 Å². The van der Waals surface area contributed by atoms with E-state index in [-0.39, 0.29) is 10.5 Å². The highest BCUT2D eigenvalue weighted by molar-refractivity contribution is 7.89. The van der Waals surface area contributed by atoms with E-state index >= 15 is 0 Å². The zero-order chi connectivity index (χ0) is 20.3. The summed E-state index contributed by atoms with van der Waals surface area (Å²) in [5, 5.41) is 2.56. The zero-order valence-electron chi connectivity index (χ0n) is 14.9. The Kier molecular flexibility index (Phi) is 5.38. The smallest absolute Gasteiger partial charge is 0.417 e. The van der Waals surface area contributed by atoms with E-state index in [9.17, 15) is 18.0 Å². The first-order valence-electron chi connectivity index (χ1n) is 7.97. The van der Waals surface area contributed by atoms with Crippen LogP contribution in [0.3, 0.4) is 0 Å². The van der Waals surface area contributed by atoms with Crippen LogP contribution >= 0.6 is 0 Å². The third kappa shape index (κ3) is 4.15. The molecule has 0 spiro atoms. The van der Waals surface area contributed by atoms with Gasteiger partial charge >= 0.3 is 5.76 Å². The zero-order valence-corrected chi connectivity index (χ0v) is 15.8. The van der Waals surface area contributed by atoms with Gasteiger partial charge in [0.2, 0.25) is 15.9 Å².